The van der Waals surface area contributed by atoms with E-state index in [-0.39, 0.29) is 17.9 Å². The van der Waals surface area contributed by atoms with E-state index in [9.17, 15) is 9.90 Å². The molecule has 0 amide bonds. The van der Waals surface area contributed by atoms with E-state index in [1.54, 1.807) is 0 Å². The van der Waals surface area contributed by atoms with Crippen molar-refractivity contribution in [1.82, 2.24) is 4.90 Å². The van der Waals surface area contributed by atoms with Crippen LogP contribution < -0.4 is 5.32 Å². The summed E-state index contributed by atoms with van der Waals surface area (Å²) in [5, 5.41) is 13.7. The number of aliphatic hydroxyl groups excluding tert-OH is 1. The second kappa shape index (κ2) is 8.96. The second-order valence-electron chi connectivity index (χ2n) is 11.3. The van der Waals surface area contributed by atoms with Gasteiger partial charge in [-0.15, -0.1) is 0 Å². The number of nitrogens with one attached hydrogen (secondary N) is 1. The van der Waals surface area contributed by atoms with Crippen LogP contribution in [0.15, 0.2) is 48.5 Å². The number of carbonyl (C=O) groups excluding carboxylic acids is 1. The van der Waals surface area contributed by atoms with Crippen LogP contribution in [0.5, 0.6) is 0 Å². The number of likely N-dealkylation sites (tertiary alicyclic amines) is 1. The number of ketones is 1. The molecule has 4 fully saturated rings. The van der Waals surface area contributed by atoms with E-state index < -0.39 is 0 Å². The Morgan fingerprint density at radius 1 is 1.12 bits per heavy atom. The minimum absolute atomic E-state index is 0.00676. The molecule has 3 unspecified atom stereocenters. The molecular formula is C29H35ClN2O2. The molecule has 34 heavy (non-hydrogen) atoms. The molecule has 4 aliphatic rings. The van der Waals surface area contributed by atoms with Crippen molar-refractivity contribution in [1.29, 1.82) is 0 Å². The summed E-state index contributed by atoms with van der Waals surface area (Å²) in [5.74, 6) is 2.82. The third-order valence-electron chi connectivity index (χ3n) is 9.29. The molecule has 2 aromatic rings. The van der Waals surface area contributed by atoms with Crippen LogP contribution in [0.2, 0.25) is 5.02 Å². The van der Waals surface area contributed by atoms with Crippen molar-refractivity contribution in [3.63, 3.8) is 0 Å². The number of benzene rings is 2. The maximum atomic E-state index is 13.8. The lowest BCUT2D eigenvalue weighted by Gasteiger charge is -2.70. The standard InChI is InChI=1S/C29H35ClN2O2/c30-26-13-24(9-8-21(26)18-33)31-25-11-22-14-29(15-23(12-25)27(22)29)28(34)20-7-4-10-32(17-20)16-19-5-2-1-3-6-19/h1-3,5-6,8-9,13,20,22-23,25,27,31,33H,4,7,10-12,14-18H2/t20-,22-,23+,25?,27?,29?/m1/s1. The van der Waals surface area contributed by atoms with E-state index in [0.717, 1.165) is 69.4 Å². The number of piperidine rings is 1. The molecule has 2 aromatic carbocycles. The molecule has 2 N–H and O–H groups in total. The van der Waals surface area contributed by atoms with E-state index in [2.05, 4.69) is 40.5 Å². The van der Waals surface area contributed by atoms with Crippen molar-refractivity contribution >= 4 is 23.1 Å². The van der Waals surface area contributed by atoms with Gasteiger partial charge in [0, 0.05) is 41.2 Å². The van der Waals surface area contributed by atoms with Crippen molar-refractivity contribution in [3.8, 4) is 0 Å². The fourth-order valence-corrected chi connectivity index (χ4v) is 8.18. The monoisotopic (exact) mass is 478 g/mol. The van der Waals surface area contributed by atoms with Crippen LogP contribution in [0, 0.1) is 29.1 Å². The van der Waals surface area contributed by atoms with Gasteiger partial charge in [-0.3, -0.25) is 9.69 Å². The first kappa shape index (κ1) is 22.6. The number of hydrogen-bond donors (Lipinski definition) is 2. The lowest BCUT2D eigenvalue weighted by molar-refractivity contribution is -0.213. The molecule has 0 aromatic heterocycles. The SMILES string of the molecule is O=C([C@@H]1CCCN(Cc2ccccc2)C1)C12C[C@H]3CC(Nc4ccc(CO)c(Cl)c4)C[C@@H](C1)C32. The lowest BCUT2D eigenvalue weighted by atomic mass is 9.33. The first-order valence-corrected chi connectivity index (χ1v) is 13.4. The van der Waals surface area contributed by atoms with Gasteiger partial charge in [-0.1, -0.05) is 48.0 Å². The van der Waals surface area contributed by atoms with Gasteiger partial charge in [0.15, 0.2) is 0 Å². The average Bonchev–Trinajstić information content (AvgIpc) is 2.81. The smallest absolute Gasteiger partial charge is 0.143 e. The number of rotatable bonds is 7. The Kier molecular flexibility index (Phi) is 5.95. The minimum atomic E-state index is -0.0323. The van der Waals surface area contributed by atoms with Gasteiger partial charge in [0.25, 0.3) is 0 Å². The topological polar surface area (TPSA) is 52.6 Å². The highest BCUT2D eigenvalue weighted by Crippen LogP contribution is 2.72. The first-order chi connectivity index (χ1) is 16.6. The molecule has 1 heterocycles. The normalized spacial score (nSPS) is 34.5. The molecule has 180 valence electrons. The maximum absolute atomic E-state index is 13.8. The quantitative estimate of drug-likeness (QED) is 0.549. The molecule has 0 radical (unpaired) electrons. The first-order valence-electron chi connectivity index (χ1n) is 13.0. The number of nitrogens with zero attached hydrogens (tertiary/aromatic N) is 1. The van der Waals surface area contributed by atoms with Gasteiger partial charge in [-0.05, 0) is 86.1 Å². The zero-order chi connectivity index (χ0) is 23.3. The Labute approximate surface area is 207 Å². The molecular weight excluding hydrogens is 444 g/mol. The number of hydrogen-bond acceptors (Lipinski definition) is 4. The van der Waals surface area contributed by atoms with Gasteiger partial charge in [0.05, 0.1) is 6.61 Å². The second-order valence-corrected chi connectivity index (χ2v) is 11.7. The van der Waals surface area contributed by atoms with Gasteiger partial charge < -0.3 is 10.4 Å². The highest BCUT2D eigenvalue weighted by Gasteiger charge is 2.70. The number of carbonyl (C=O) groups is 1. The summed E-state index contributed by atoms with van der Waals surface area (Å²) in [5.41, 5.74) is 3.15. The fourth-order valence-electron chi connectivity index (χ4n) is 7.94. The summed E-state index contributed by atoms with van der Waals surface area (Å²) in [6.45, 7) is 2.97. The summed E-state index contributed by atoms with van der Waals surface area (Å²) in [6, 6.07) is 17.0. The summed E-state index contributed by atoms with van der Waals surface area (Å²) < 4.78 is 0. The van der Waals surface area contributed by atoms with E-state index in [1.165, 1.54) is 5.56 Å². The zero-order valence-electron chi connectivity index (χ0n) is 19.8. The van der Waals surface area contributed by atoms with E-state index >= 15 is 0 Å². The molecule has 3 aliphatic carbocycles. The highest BCUT2D eigenvalue weighted by atomic mass is 35.5. The van der Waals surface area contributed by atoms with Crippen molar-refractivity contribution < 1.29 is 9.90 Å². The molecule has 6 rings (SSSR count). The van der Waals surface area contributed by atoms with Crippen LogP contribution in [0.25, 0.3) is 0 Å². The van der Waals surface area contributed by atoms with Gasteiger partial charge in [0.1, 0.15) is 5.78 Å². The Morgan fingerprint density at radius 2 is 1.88 bits per heavy atom. The van der Waals surface area contributed by atoms with Gasteiger partial charge in [-0.2, -0.15) is 0 Å². The van der Waals surface area contributed by atoms with Crippen molar-refractivity contribution in [2.45, 2.75) is 57.7 Å². The number of aliphatic hydroxyl groups is 1. The van der Waals surface area contributed by atoms with Gasteiger partial charge in [0.2, 0.25) is 0 Å². The van der Waals surface area contributed by atoms with Gasteiger partial charge >= 0.3 is 0 Å². The maximum Gasteiger partial charge on any atom is 0.143 e. The van der Waals surface area contributed by atoms with Crippen LogP contribution in [-0.2, 0) is 17.9 Å². The number of Topliss-reactive ketones (excluding diaryl/α,β-unsaturated/α-hetero) is 1. The molecule has 6 atom stereocenters. The van der Waals surface area contributed by atoms with Crippen LogP contribution >= 0.6 is 11.6 Å². The Balaban J connectivity index is 1.06. The molecule has 0 bridgehead atoms. The van der Waals surface area contributed by atoms with Gasteiger partial charge in [-0.25, -0.2) is 0 Å². The molecule has 0 spiro atoms. The van der Waals surface area contributed by atoms with Crippen LogP contribution in [0.1, 0.15) is 49.7 Å². The summed E-state index contributed by atoms with van der Waals surface area (Å²) in [4.78, 5) is 16.3. The Bertz CT molecular complexity index is 1040. The number of halogens is 1. The van der Waals surface area contributed by atoms with Crippen molar-refractivity contribution in [2.75, 3.05) is 18.4 Å². The third-order valence-corrected chi connectivity index (χ3v) is 9.64. The highest BCUT2D eigenvalue weighted by molar-refractivity contribution is 6.31. The predicted molar refractivity (Wildman–Crippen MR) is 136 cm³/mol. The lowest BCUT2D eigenvalue weighted by Crippen LogP contribution is -2.69. The molecule has 4 nitrogen and oxygen atoms in total. The predicted octanol–water partition coefficient (Wildman–Crippen LogP) is 5.53. The Hall–Kier alpha value is -1.88. The molecule has 5 heteroatoms. The minimum Gasteiger partial charge on any atom is -0.392 e. The average molecular weight is 479 g/mol. The van der Waals surface area contributed by atoms with Crippen LogP contribution in [0.4, 0.5) is 5.69 Å². The molecule has 3 saturated carbocycles. The third kappa shape index (κ3) is 3.88. The summed E-state index contributed by atoms with van der Waals surface area (Å²) in [7, 11) is 0. The van der Waals surface area contributed by atoms with E-state index in [4.69, 9.17) is 11.6 Å². The van der Waals surface area contributed by atoms with E-state index in [1.807, 2.05) is 18.2 Å². The zero-order valence-corrected chi connectivity index (χ0v) is 20.5. The van der Waals surface area contributed by atoms with Crippen LogP contribution in [-0.4, -0.2) is 34.9 Å². The van der Waals surface area contributed by atoms with E-state index in [0.29, 0.717) is 34.6 Å². The largest absolute Gasteiger partial charge is 0.392 e. The fraction of sp³-hybridized carbons (Fsp3) is 0.552. The number of anilines is 1. The van der Waals surface area contributed by atoms with Crippen molar-refractivity contribution in [3.05, 3.63) is 64.7 Å². The Morgan fingerprint density at radius 3 is 2.59 bits per heavy atom. The molecule has 1 saturated heterocycles. The van der Waals surface area contributed by atoms with Crippen molar-refractivity contribution in [2.24, 2.45) is 29.1 Å². The summed E-state index contributed by atoms with van der Waals surface area (Å²) in [6.07, 6.45) is 6.72. The van der Waals surface area contributed by atoms with Crippen LogP contribution in [0.3, 0.4) is 0 Å². The molecule has 1 aliphatic heterocycles. The summed E-state index contributed by atoms with van der Waals surface area (Å²) >= 11 is 6.29.